The first-order chi connectivity index (χ1) is 34.5. The minimum Gasteiger partial charge on any atom is -0.480 e. The Morgan fingerprint density at radius 1 is 0.589 bits per heavy atom. The Hall–Kier alpha value is -7.66. The molecule has 0 bridgehead atoms. The van der Waals surface area contributed by atoms with Crippen molar-refractivity contribution in [2.24, 2.45) is 17.6 Å². The molecule has 388 valence electrons. The van der Waals surface area contributed by atoms with Gasteiger partial charge in [-0.15, -0.1) is 0 Å². The summed E-state index contributed by atoms with van der Waals surface area (Å²) in [6.07, 6.45) is 18.3. The summed E-state index contributed by atoms with van der Waals surface area (Å²) in [7, 11) is 2.67. The van der Waals surface area contributed by atoms with Crippen molar-refractivity contribution in [3.8, 4) is 22.3 Å². The van der Waals surface area contributed by atoms with E-state index >= 15 is 0 Å². The van der Waals surface area contributed by atoms with Gasteiger partial charge in [-0.3, -0.25) is 43.9 Å². The van der Waals surface area contributed by atoms with Crippen LogP contribution in [0.2, 0.25) is 0 Å². The molecule has 1 unspecified atom stereocenters. The van der Waals surface area contributed by atoms with Gasteiger partial charge in [-0.25, -0.2) is 4.79 Å². The van der Waals surface area contributed by atoms with Gasteiger partial charge in [0.1, 0.15) is 12.1 Å². The number of ether oxygens (including phenoxy) is 2. The van der Waals surface area contributed by atoms with E-state index in [0.29, 0.717) is 18.4 Å². The number of carboxylic acids is 1. The molecule has 0 saturated heterocycles. The number of amides is 1. The molecule has 6 rings (SSSR count). The van der Waals surface area contributed by atoms with Crippen LogP contribution in [0.4, 0.5) is 0 Å². The Bertz CT molecular complexity index is 2940. The molecule has 6 aromatic rings. The molecule has 1 amide bonds. The number of hydrogen-bond donors (Lipinski definition) is 3. The summed E-state index contributed by atoms with van der Waals surface area (Å²) in [6, 6.07) is 7.81. The maximum atomic E-state index is 13.6. The Labute approximate surface area is 427 Å². The Balaban J connectivity index is 0.000000263. The fraction of sp³-hybridized carbons (Fsp3) is 0.393. The van der Waals surface area contributed by atoms with Crippen LogP contribution in [0, 0.1) is 53.4 Å². The second-order valence-corrected chi connectivity index (χ2v) is 19.1. The summed E-state index contributed by atoms with van der Waals surface area (Å²) >= 11 is 0. The van der Waals surface area contributed by atoms with Crippen LogP contribution in [-0.2, 0) is 28.7 Å². The van der Waals surface area contributed by atoms with Gasteiger partial charge >= 0.3 is 17.9 Å². The van der Waals surface area contributed by atoms with Crippen molar-refractivity contribution in [3.05, 3.63) is 164 Å². The molecule has 0 fully saturated rings. The SMILES string of the molecule is COC(=O)C[C@H](N)c1cncc(-c2c(C)cncc2C)c1.COC(=O)C[C@H](NC(=O)C(CC(C)C)n1ccc(C)cc1=O)c1cncc(-c2c(C)cncc2C)c1.Cc1ccn([C@@H](CC(C)C)C(=O)O)c(=O)c1. The molecule has 4 atom stereocenters. The first kappa shape index (κ1) is 57.9. The largest absolute Gasteiger partial charge is 0.480 e. The third-order valence-corrected chi connectivity index (χ3v) is 12.0. The van der Waals surface area contributed by atoms with Gasteiger partial charge in [0.25, 0.3) is 11.1 Å². The van der Waals surface area contributed by atoms with Crippen molar-refractivity contribution in [2.45, 2.75) is 119 Å². The maximum Gasteiger partial charge on any atom is 0.326 e. The Morgan fingerprint density at radius 2 is 0.986 bits per heavy atom. The lowest BCUT2D eigenvalue weighted by molar-refractivity contribution is -0.142. The quantitative estimate of drug-likeness (QED) is 0.0728. The Kier molecular flexibility index (Phi) is 21.6. The number of carbonyl (C=O) groups is 4. The van der Waals surface area contributed by atoms with E-state index in [1.54, 1.807) is 61.7 Å². The highest BCUT2D eigenvalue weighted by molar-refractivity contribution is 5.82. The van der Waals surface area contributed by atoms with Crippen molar-refractivity contribution >= 4 is 23.8 Å². The zero-order valence-corrected chi connectivity index (χ0v) is 44.0. The van der Waals surface area contributed by atoms with Gasteiger partial charge in [0.15, 0.2) is 0 Å². The number of nitrogens with one attached hydrogen (secondary N) is 1. The molecule has 17 heteroatoms. The highest BCUT2D eigenvalue weighted by atomic mass is 16.5. The van der Waals surface area contributed by atoms with E-state index < -0.39 is 36.1 Å². The van der Waals surface area contributed by atoms with E-state index in [2.05, 4.69) is 30.0 Å². The number of nitrogens with zero attached hydrogens (tertiary/aromatic N) is 6. The number of esters is 2. The molecule has 6 aromatic heterocycles. The van der Waals surface area contributed by atoms with Crippen molar-refractivity contribution in [1.29, 1.82) is 0 Å². The van der Waals surface area contributed by atoms with Crippen LogP contribution in [-0.4, -0.2) is 72.2 Å². The summed E-state index contributed by atoms with van der Waals surface area (Å²) < 4.78 is 12.3. The normalized spacial score (nSPS) is 12.5. The van der Waals surface area contributed by atoms with Crippen molar-refractivity contribution < 1.29 is 33.8 Å². The molecule has 6 heterocycles. The van der Waals surface area contributed by atoms with Gasteiger partial charge in [0.05, 0.1) is 33.1 Å². The van der Waals surface area contributed by atoms with E-state index in [4.69, 9.17) is 15.6 Å². The van der Waals surface area contributed by atoms with E-state index in [1.807, 2.05) is 93.8 Å². The number of aromatic nitrogens is 6. The standard InChI is InChI=1S/C28H34N4O4.C16H19N3O2.C12H17NO3/c1-17(2)9-24(32-8-7-18(3)10-25(32)33)28(35)31-23(12-26(34)36-6)21-11-22(16-30-15-21)27-19(4)13-29-14-20(27)5;1-10-6-18-7-11(2)16(10)13-4-12(8-19-9-13)14(17)5-15(20)21-3;1-8(2)6-10(12(15)16)13-5-4-9(3)7-11(13)14/h7-8,10-11,13-17,23-24H,9,12H2,1-6H3,(H,31,35);4,6-9,14H,5,17H2,1-3H3;4-5,7-8,10H,6H2,1-3H3,(H,15,16)/t23-,24?;14-;10-/m000/s1. The molecule has 17 nitrogen and oxygen atoms in total. The molecule has 0 saturated carbocycles. The lowest BCUT2D eigenvalue weighted by Gasteiger charge is -2.25. The van der Waals surface area contributed by atoms with E-state index in [-0.39, 0.29) is 47.7 Å². The Morgan fingerprint density at radius 3 is 1.41 bits per heavy atom. The smallest absolute Gasteiger partial charge is 0.326 e. The fourth-order valence-electron chi connectivity index (χ4n) is 8.31. The summed E-state index contributed by atoms with van der Waals surface area (Å²) in [5, 5.41) is 12.1. The minimum absolute atomic E-state index is 0.0706. The van der Waals surface area contributed by atoms with Crippen LogP contribution < -0.4 is 22.2 Å². The van der Waals surface area contributed by atoms with E-state index in [1.165, 1.54) is 35.5 Å². The fourth-order valence-corrected chi connectivity index (χ4v) is 8.31. The number of nitrogens with two attached hydrogens (primary N) is 1. The topological polar surface area (TPSA) is 241 Å². The number of carboxylic acid groups (broad SMARTS) is 1. The summed E-state index contributed by atoms with van der Waals surface area (Å²) in [5.74, 6) is -1.70. The molecule has 0 aromatic carbocycles. The average Bonchev–Trinajstić information content (AvgIpc) is 3.33. The maximum absolute atomic E-state index is 13.6. The van der Waals surface area contributed by atoms with Crippen LogP contribution in [0.3, 0.4) is 0 Å². The lowest BCUT2D eigenvalue weighted by Crippen LogP contribution is -2.40. The molecule has 0 aliphatic heterocycles. The van der Waals surface area contributed by atoms with Gasteiger partial charge in [-0.05, 0) is 146 Å². The lowest BCUT2D eigenvalue weighted by atomic mass is 9.96. The summed E-state index contributed by atoms with van der Waals surface area (Å²) in [4.78, 5) is 89.7. The highest BCUT2D eigenvalue weighted by Gasteiger charge is 2.28. The molecular formula is C56H70N8O9. The molecule has 0 aliphatic carbocycles. The number of pyridine rings is 6. The first-order valence-corrected chi connectivity index (χ1v) is 24.1. The molecule has 0 radical (unpaired) electrons. The molecule has 4 N–H and O–H groups in total. The molecule has 0 spiro atoms. The second-order valence-electron chi connectivity index (χ2n) is 19.1. The van der Waals surface area contributed by atoms with Crippen LogP contribution in [0.5, 0.6) is 0 Å². The summed E-state index contributed by atoms with van der Waals surface area (Å²) in [6.45, 7) is 19.5. The van der Waals surface area contributed by atoms with Gasteiger partial charge < -0.3 is 34.8 Å². The summed E-state index contributed by atoms with van der Waals surface area (Å²) in [5.41, 5.74) is 16.8. The van der Waals surface area contributed by atoms with Crippen LogP contribution in [0.1, 0.15) is 122 Å². The van der Waals surface area contributed by atoms with Crippen LogP contribution in [0.25, 0.3) is 22.3 Å². The second kappa shape index (κ2) is 27.2. The third-order valence-electron chi connectivity index (χ3n) is 12.0. The molecular weight excluding hydrogens is 929 g/mol. The predicted molar refractivity (Wildman–Crippen MR) is 280 cm³/mol. The number of methoxy groups -OCH3 is 2. The number of aryl methyl sites for hydroxylation is 6. The monoisotopic (exact) mass is 999 g/mol. The van der Waals surface area contributed by atoms with E-state index in [9.17, 15) is 28.8 Å². The van der Waals surface area contributed by atoms with Crippen molar-refractivity contribution in [2.75, 3.05) is 14.2 Å². The number of carbonyl (C=O) groups excluding carboxylic acids is 3. The molecule has 0 aliphatic rings. The number of rotatable bonds is 17. The third kappa shape index (κ3) is 16.7. The average molecular weight is 999 g/mol. The minimum atomic E-state index is -0.959. The number of aliphatic carboxylic acids is 1. The van der Waals surface area contributed by atoms with Crippen molar-refractivity contribution in [1.82, 2.24) is 34.4 Å². The van der Waals surface area contributed by atoms with Gasteiger partial charge in [-0.1, -0.05) is 27.7 Å². The van der Waals surface area contributed by atoms with E-state index in [0.717, 1.165) is 61.2 Å². The zero-order valence-electron chi connectivity index (χ0n) is 44.0. The highest BCUT2D eigenvalue weighted by Crippen LogP contribution is 2.30. The van der Waals surface area contributed by atoms with Crippen LogP contribution >= 0.6 is 0 Å². The zero-order chi connectivity index (χ0) is 54.1. The first-order valence-electron chi connectivity index (χ1n) is 24.1. The molecule has 73 heavy (non-hydrogen) atoms. The number of hydrogen-bond acceptors (Lipinski definition) is 13. The van der Waals surface area contributed by atoms with Gasteiger partial charge in [0, 0.05) is 91.3 Å². The van der Waals surface area contributed by atoms with Gasteiger partial charge in [-0.2, -0.15) is 0 Å². The van der Waals surface area contributed by atoms with Crippen molar-refractivity contribution in [3.63, 3.8) is 0 Å². The predicted octanol–water partition coefficient (Wildman–Crippen LogP) is 8.39. The van der Waals surface area contributed by atoms with Gasteiger partial charge in [0.2, 0.25) is 5.91 Å². The van der Waals surface area contributed by atoms with Crippen LogP contribution in [0.15, 0.2) is 108 Å².